The number of thioether (sulfide) groups is 1. The van der Waals surface area contributed by atoms with E-state index in [2.05, 4.69) is 24.2 Å². The molecule has 0 saturated heterocycles. The summed E-state index contributed by atoms with van der Waals surface area (Å²) in [6, 6.07) is 6.08. The lowest BCUT2D eigenvalue weighted by Gasteiger charge is -2.07. The van der Waals surface area contributed by atoms with Crippen LogP contribution in [0.5, 0.6) is 0 Å². The Balaban J connectivity index is 2.61. The second-order valence-corrected chi connectivity index (χ2v) is 3.52. The van der Waals surface area contributed by atoms with Crippen LogP contribution in [-0.2, 0) is 0 Å². The Bertz CT molecular complexity index is 198. The van der Waals surface area contributed by atoms with Crippen LogP contribution in [0.2, 0.25) is 0 Å². The summed E-state index contributed by atoms with van der Waals surface area (Å²) in [6.07, 6.45) is 3.98. The molecular weight excluding hydrogens is 154 g/mol. The highest BCUT2D eigenvalue weighted by Crippen LogP contribution is 2.15. The van der Waals surface area contributed by atoms with Crippen LogP contribution in [0.15, 0.2) is 24.4 Å². The van der Waals surface area contributed by atoms with Crippen LogP contribution in [0.25, 0.3) is 0 Å². The van der Waals surface area contributed by atoms with Crippen molar-refractivity contribution in [3.05, 3.63) is 30.1 Å². The standard InChI is InChI=1S/C9H13NS/c1-8(7-11-2)9-5-3-4-6-10-9/h3-6,8H,7H2,1-2H3/t8-/m0/s1. The van der Waals surface area contributed by atoms with E-state index in [1.165, 1.54) is 5.69 Å². The van der Waals surface area contributed by atoms with Crippen LogP contribution in [-0.4, -0.2) is 17.0 Å². The molecule has 0 aliphatic heterocycles. The van der Waals surface area contributed by atoms with Crippen LogP contribution in [0, 0.1) is 0 Å². The van der Waals surface area contributed by atoms with Crippen molar-refractivity contribution in [3.8, 4) is 0 Å². The molecule has 11 heavy (non-hydrogen) atoms. The zero-order valence-electron chi connectivity index (χ0n) is 6.95. The average molecular weight is 167 g/mol. The van der Waals surface area contributed by atoms with Crippen molar-refractivity contribution in [3.63, 3.8) is 0 Å². The molecule has 0 aliphatic rings. The predicted octanol–water partition coefficient (Wildman–Crippen LogP) is 2.55. The Morgan fingerprint density at radius 1 is 1.55 bits per heavy atom. The Morgan fingerprint density at radius 3 is 2.91 bits per heavy atom. The fraction of sp³-hybridized carbons (Fsp3) is 0.444. The smallest absolute Gasteiger partial charge is 0.0439 e. The van der Waals surface area contributed by atoms with Crippen molar-refractivity contribution in [1.29, 1.82) is 0 Å². The average Bonchev–Trinajstić information content (AvgIpc) is 2.07. The van der Waals surface area contributed by atoms with Crippen LogP contribution in [0.4, 0.5) is 0 Å². The van der Waals surface area contributed by atoms with Crippen LogP contribution < -0.4 is 0 Å². The molecule has 0 amide bonds. The van der Waals surface area contributed by atoms with Gasteiger partial charge in [0.05, 0.1) is 0 Å². The van der Waals surface area contributed by atoms with Crippen molar-refractivity contribution < 1.29 is 0 Å². The van der Waals surface area contributed by atoms with Crippen LogP contribution >= 0.6 is 11.8 Å². The Kier molecular flexibility index (Phi) is 3.43. The van der Waals surface area contributed by atoms with Crippen LogP contribution in [0.3, 0.4) is 0 Å². The summed E-state index contributed by atoms with van der Waals surface area (Å²) in [5.41, 5.74) is 1.20. The topological polar surface area (TPSA) is 12.9 Å². The molecule has 0 N–H and O–H groups in total. The van der Waals surface area contributed by atoms with Crippen LogP contribution in [0.1, 0.15) is 18.5 Å². The quantitative estimate of drug-likeness (QED) is 0.686. The first kappa shape index (κ1) is 8.60. The third kappa shape index (κ3) is 2.54. The third-order valence-corrected chi connectivity index (χ3v) is 2.44. The van der Waals surface area contributed by atoms with Gasteiger partial charge in [-0.25, -0.2) is 0 Å². The number of aromatic nitrogens is 1. The first-order valence-corrected chi connectivity index (χ1v) is 5.14. The molecule has 0 aliphatic carbocycles. The SMILES string of the molecule is CSC[C@H](C)c1ccccn1. The highest BCUT2D eigenvalue weighted by Gasteiger charge is 2.03. The van der Waals surface area contributed by atoms with Crippen molar-refractivity contribution >= 4 is 11.8 Å². The molecule has 0 aromatic carbocycles. The molecule has 0 saturated carbocycles. The fourth-order valence-electron chi connectivity index (χ4n) is 1.00. The lowest BCUT2D eigenvalue weighted by atomic mass is 10.1. The van der Waals surface area contributed by atoms with E-state index in [4.69, 9.17) is 0 Å². The monoisotopic (exact) mass is 167 g/mol. The molecule has 0 radical (unpaired) electrons. The predicted molar refractivity (Wildman–Crippen MR) is 51.0 cm³/mol. The lowest BCUT2D eigenvalue weighted by molar-refractivity contribution is 0.836. The number of hydrogen-bond acceptors (Lipinski definition) is 2. The van der Waals surface area contributed by atoms with Crippen molar-refractivity contribution in [1.82, 2.24) is 4.98 Å². The molecule has 1 nitrogen and oxygen atoms in total. The maximum atomic E-state index is 4.28. The van der Waals surface area contributed by atoms with Gasteiger partial charge in [-0.3, -0.25) is 4.98 Å². The van der Waals surface area contributed by atoms with Crippen molar-refractivity contribution in [2.75, 3.05) is 12.0 Å². The lowest BCUT2D eigenvalue weighted by Crippen LogP contribution is -1.98. The molecular formula is C9H13NS. The van der Waals surface area contributed by atoms with E-state index in [-0.39, 0.29) is 0 Å². The van der Waals surface area contributed by atoms with Gasteiger partial charge in [0.25, 0.3) is 0 Å². The molecule has 1 atom stereocenters. The second kappa shape index (κ2) is 4.39. The zero-order chi connectivity index (χ0) is 8.10. The minimum absolute atomic E-state index is 0.575. The fourth-order valence-corrected chi connectivity index (χ4v) is 1.67. The maximum absolute atomic E-state index is 4.28. The Hall–Kier alpha value is -0.500. The summed E-state index contributed by atoms with van der Waals surface area (Å²) in [4.78, 5) is 4.28. The molecule has 0 spiro atoms. The first-order chi connectivity index (χ1) is 5.34. The highest BCUT2D eigenvalue weighted by molar-refractivity contribution is 7.98. The van der Waals surface area contributed by atoms with Crippen molar-refractivity contribution in [2.45, 2.75) is 12.8 Å². The van der Waals surface area contributed by atoms with Crippen molar-refractivity contribution in [2.24, 2.45) is 0 Å². The summed E-state index contributed by atoms with van der Waals surface area (Å²) in [7, 11) is 0. The largest absolute Gasteiger partial charge is 0.261 e. The van der Waals surface area contributed by atoms with Gasteiger partial charge >= 0.3 is 0 Å². The summed E-state index contributed by atoms with van der Waals surface area (Å²) < 4.78 is 0. The number of nitrogens with zero attached hydrogens (tertiary/aromatic N) is 1. The van der Waals surface area contributed by atoms with Gasteiger partial charge in [-0.15, -0.1) is 0 Å². The third-order valence-electron chi connectivity index (χ3n) is 1.61. The summed E-state index contributed by atoms with van der Waals surface area (Å²) in [6.45, 7) is 2.21. The molecule has 0 unspecified atom stereocenters. The van der Waals surface area contributed by atoms with Gasteiger partial charge < -0.3 is 0 Å². The molecule has 0 fully saturated rings. The summed E-state index contributed by atoms with van der Waals surface area (Å²) >= 11 is 1.86. The Labute approximate surface area is 72.2 Å². The van der Waals surface area contributed by atoms with Gasteiger partial charge in [0, 0.05) is 23.6 Å². The number of pyridine rings is 1. The molecule has 60 valence electrons. The molecule has 0 bridgehead atoms. The first-order valence-electron chi connectivity index (χ1n) is 3.74. The van der Waals surface area contributed by atoms with Gasteiger partial charge in [-0.2, -0.15) is 11.8 Å². The van der Waals surface area contributed by atoms with E-state index in [1.54, 1.807) is 0 Å². The Morgan fingerprint density at radius 2 is 2.36 bits per heavy atom. The summed E-state index contributed by atoms with van der Waals surface area (Å²) in [5, 5.41) is 0. The van der Waals surface area contributed by atoms with E-state index >= 15 is 0 Å². The van der Waals surface area contributed by atoms with Gasteiger partial charge in [0.1, 0.15) is 0 Å². The van der Waals surface area contributed by atoms with Gasteiger partial charge in [0.2, 0.25) is 0 Å². The van der Waals surface area contributed by atoms with E-state index in [9.17, 15) is 0 Å². The molecule has 1 aromatic heterocycles. The molecule has 1 rings (SSSR count). The number of hydrogen-bond donors (Lipinski definition) is 0. The van der Waals surface area contributed by atoms with E-state index < -0.39 is 0 Å². The maximum Gasteiger partial charge on any atom is 0.0439 e. The van der Waals surface area contributed by atoms with E-state index in [0.717, 1.165) is 5.75 Å². The van der Waals surface area contributed by atoms with Gasteiger partial charge in [-0.05, 0) is 18.4 Å². The minimum Gasteiger partial charge on any atom is -0.261 e. The molecule has 1 aromatic rings. The van der Waals surface area contributed by atoms with Gasteiger partial charge in [0.15, 0.2) is 0 Å². The zero-order valence-corrected chi connectivity index (χ0v) is 7.77. The highest BCUT2D eigenvalue weighted by atomic mass is 32.2. The van der Waals surface area contributed by atoms with E-state index in [1.807, 2.05) is 30.1 Å². The van der Waals surface area contributed by atoms with Gasteiger partial charge in [-0.1, -0.05) is 13.0 Å². The van der Waals surface area contributed by atoms with E-state index in [0.29, 0.717) is 5.92 Å². The summed E-state index contributed by atoms with van der Waals surface area (Å²) in [5.74, 6) is 1.72. The number of rotatable bonds is 3. The second-order valence-electron chi connectivity index (χ2n) is 2.61. The molecule has 2 heteroatoms. The normalized spacial score (nSPS) is 12.9. The minimum atomic E-state index is 0.575. The molecule has 1 heterocycles.